The molecule has 2 amide bonds. The van der Waals surface area contributed by atoms with Crippen LogP contribution in [0, 0.1) is 0 Å². The molecule has 1 aliphatic heterocycles. The molecule has 0 atom stereocenters. The second-order valence-corrected chi connectivity index (χ2v) is 6.31. The van der Waals surface area contributed by atoms with Crippen molar-refractivity contribution in [3.8, 4) is 0 Å². The van der Waals surface area contributed by atoms with Gasteiger partial charge in [0.1, 0.15) is 0 Å². The zero-order valence-electron chi connectivity index (χ0n) is 13.5. The van der Waals surface area contributed by atoms with Crippen molar-refractivity contribution in [1.29, 1.82) is 0 Å². The Kier molecular flexibility index (Phi) is 5.67. The van der Waals surface area contributed by atoms with Crippen LogP contribution in [0.15, 0.2) is 48.8 Å². The summed E-state index contributed by atoms with van der Waals surface area (Å²) in [6.45, 7) is 4.28. The quantitative estimate of drug-likeness (QED) is 0.927. The molecule has 1 N–H and O–H groups in total. The number of hydrogen-bond acceptors (Lipinski definition) is 3. The molecule has 0 saturated carbocycles. The van der Waals surface area contributed by atoms with E-state index in [1.165, 1.54) is 5.56 Å². The molecule has 24 heavy (non-hydrogen) atoms. The van der Waals surface area contributed by atoms with E-state index in [1.54, 1.807) is 12.1 Å². The van der Waals surface area contributed by atoms with Crippen molar-refractivity contribution in [2.45, 2.75) is 6.42 Å². The third kappa shape index (κ3) is 4.69. The van der Waals surface area contributed by atoms with Gasteiger partial charge in [0.2, 0.25) is 0 Å². The minimum absolute atomic E-state index is 0.0638. The molecule has 6 heteroatoms. The molecule has 1 aliphatic rings. The SMILES string of the molecule is O=C(Nc1cccc(Cl)c1)N1CCN(CCc2ccncc2)CC1. The molecule has 2 heterocycles. The van der Waals surface area contributed by atoms with Crippen LogP contribution in [0.1, 0.15) is 5.56 Å². The van der Waals surface area contributed by atoms with E-state index in [-0.39, 0.29) is 6.03 Å². The maximum absolute atomic E-state index is 12.3. The van der Waals surface area contributed by atoms with Crippen molar-refractivity contribution in [1.82, 2.24) is 14.8 Å². The van der Waals surface area contributed by atoms with Crippen LogP contribution in [0.5, 0.6) is 0 Å². The molecule has 1 aromatic carbocycles. The first-order chi connectivity index (χ1) is 11.7. The van der Waals surface area contributed by atoms with E-state index < -0.39 is 0 Å². The van der Waals surface area contributed by atoms with Gasteiger partial charge in [-0.3, -0.25) is 9.88 Å². The van der Waals surface area contributed by atoms with Gasteiger partial charge < -0.3 is 10.2 Å². The Labute approximate surface area is 147 Å². The van der Waals surface area contributed by atoms with Crippen LogP contribution in [0.25, 0.3) is 0 Å². The lowest BCUT2D eigenvalue weighted by atomic mass is 10.2. The van der Waals surface area contributed by atoms with E-state index in [1.807, 2.05) is 29.4 Å². The number of anilines is 1. The van der Waals surface area contributed by atoms with Crippen LogP contribution in [0.4, 0.5) is 10.5 Å². The van der Waals surface area contributed by atoms with Gasteiger partial charge in [0, 0.05) is 55.8 Å². The first-order valence-corrected chi connectivity index (χ1v) is 8.51. The molecule has 0 spiro atoms. The van der Waals surface area contributed by atoms with Crippen LogP contribution in [0.3, 0.4) is 0 Å². The number of nitrogens with one attached hydrogen (secondary N) is 1. The van der Waals surface area contributed by atoms with Crippen molar-refractivity contribution in [3.05, 3.63) is 59.4 Å². The van der Waals surface area contributed by atoms with E-state index in [4.69, 9.17) is 11.6 Å². The van der Waals surface area contributed by atoms with Gasteiger partial charge in [-0.05, 0) is 42.3 Å². The third-order valence-electron chi connectivity index (χ3n) is 4.20. The molecule has 1 aromatic heterocycles. The summed E-state index contributed by atoms with van der Waals surface area (Å²) in [6.07, 6.45) is 4.66. The molecule has 2 aromatic rings. The number of carbonyl (C=O) groups is 1. The number of hydrogen-bond donors (Lipinski definition) is 1. The number of amides is 2. The van der Waals surface area contributed by atoms with Gasteiger partial charge in [-0.15, -0.1) is 0 Å². The molecule has 0 aliphatic carbocycles. The largest absolute Gasteiger partial charge is 0.322 e. The highest BCUT2D eigenvalue weighted by atomic mass is 35.5. The summed E-state index contributed by atoms with van der Waals surface area (Å²) in [7, 11) is 0. The zero-order chi connectivity index (χ0) is 16.8. The Morgan fingerprint density at radius 2 is 1.88 bits per heavy atom. The predicted molar refractivity (Wildman–Crippen MR) is 96.4 cm³/mol. The highest BCUT2D eigenvalue weighted by molar-refractivity contribution is 6.30. The van der Waals surface area contributed by atoms with E-state index >= 15 is 0 Å². The molecule has 5 nitrogen and oxygen atoms in total. The smallest absolute Gasteiger partial charge is 0.321 e. The molecule has 1 saturated heterocycles. The maximum atomic E-state index is 12.3. The number of rotatable bonds is 4. The molecule has 1 fully saturated rings. The molecule has 3 rings (SSSR count). The monoisotopic (exact) mass is 344 g/mol. The first-order valence-electron chi connectivity index (χ1n) is 8.13. The van der Waals surface area contributed by atoms with E-state index in [2.05, 4.69) is 27.3 Å². The van der Waals surface area contributed by atoms with Gasteiger partial charge in [0.15, 0.2) is 0 Å². The summed E-state index contributed by atoms with van der Waals surface area (Å²) >= 11 is 5.94. The lowest BCUT2D eigenvalue weighted by molar-refractivity contribution is 0.148. The van der Waals surface area contributed by atoms with E-state index in [0.717, 1.165) is 44.8 Å². The van der Waals surface area contributed by atoms with Crippen LogP contribution >= 0.6 is 11.6 Å². The highest BCUT2D eigenvalue weighted by Crippen LogP contribution is 2.16. The second-order valence-electron chi connectivity index (χ2n) is 5.87. The van der Waals surface area contributed by atoms with Crippen molar-refractivity contribution in [2.75, 3.05) is 38.0 Å². The van der Waals surface area contributed by atoms with Gasteiger partial charge in [0.25, 0.3) is 0 Å². The van der Waals surface area contributed by atoms with Crippen molar-refractivity contribution >= 4 is 23.3 Å². The minimum atomic E-state index is -0.0638. The van der Waals surface area contributed by atoms with Gasteiger partial charge in [-0.1, -0.05) is 17.7 Å². The fraction of sp³-hybridized carbons (Fsp3) is 0.333. The Balaban J connectivity index is 1.43. The molecular formula is C18H21ClN4O. The van der Waals surface area contributed by atoms with Crippen molar-refractivity contribution < 1.29 is 4.79 Å². The summed E-state index contributed by atoms with van der Waals surface area (Å²) in [5.41, 5.74) is 2.03. The normalized spacial score (nSPS) is 15.3. The number of piperazine rings is 1. The van der Waals surface area contributed by atoms with Gasteiger partial charge >= 0.3 is 6.03 Å². The maximum Gasteiger partial charge on any atom is 0.321 e. The molecule has 0 bridgehead atoms. The average Bonchev–Trinajstić information content (AvgIpc) is 2.61. The van der Waals surface area contributed by atoms with Crippen molar-refractivity contribution in [2.24, 2.45) is 0 Å². The van der Waals surface area contributed by atoms with Crippen LogP contribution < -0.4 is 5.32 Å². The molecule has 0 radical (unpaired) electrons. The van der Waals surface area contributed by atoms with Gasteiger partial charge in [-0.25, -0.2) is 4.79 Å². The summed E-state index contributed by atoms with van der Waals surface area (Å²) < 4.78 is 0. The lowest BCUT2D eigenvalue weighted by Crippen LogP contribution is -2.50. The average molecular weight is 345 g/mol. The Morgan fingerprint density at radius 3 is 2.58 bits per heavy atom. The lowest BCUT2D eigenvalue weighted by Gasteiger charge is -2.34. The topological polar surface area (TPSA) is 48.5 Å². The van der Waals surface area contributed by atoms with Crippen LogP contribution in [-0.2, 0) is 6.42 Å². The number of nitrogens with zero attached hydrogens (tertiary/aromatic N) is 3. The summed E-state index contributed by atoms with van der Waals surface area (Å²) in [6, 6.07) is 11.3. The fourth-order valence-corrected chi connectivity index (χ4v) is 2.97. The number of aromatic nitrogens is 1. The van der Waals surface area contributed by atoms with Crippen LogP contribution in [-0.4, -0.2) is 53.5 Å². The summed E-state index contributed by atoms with van der Waals surface area (Å²) in [5, 5.41) is 3.52. The molecule has 0 unspecified atom stereocenters. The zero-order valence-corrected chi connectivity index (χ0v) is 14.2. The third-order valence-corrected chi connectivity index (χ3v) is 4.44. The predicted octanol–water partition coefficient (Wildman–Crippen LogP) is 3.13. The summed E-state index contributed by atoms with van der Waals surface area (Å²) in [4.78, 5) is 20.6. The van der Waals surface area contributed by atoms with Gasteiger partial charge in [-0.2, -0.15) is 0 Å². The van der Waals surface area contributed by atoms with Crippen LogP contribution in [0.2, 0.25) is 5.02 Å². The highest BCUT2D eigenvalue weighted by Gasteiger charge is 2.20. The fourth-order valence-electron chi connectivity index (χ4n) is 2.78. The standard InChI is InChI=1S/C18H21ClN4O/c19-16-2-1-3-17(14-16)21-18(24)23-12-10-22(11-13-23)9-6-15-4-7-20-8-5-15/h1-5,7-8,14H,6,9-13H2,(H,21,24). The number of pyridine rings is 1. The molecular weight excluding hydrogens is 324 g/mol. The minimum Gasteiger partial charge on any atom is -0.322 e. The number of benzene rings is 1. The van der Waals surface area contributed by atoms with Gasteiger partial charge in [0.05, 0.1) is 0 Å². The van der Waals surface area contributed by atoms with E-state index in [0.29, 0.717) is 5.02 Å². The Morgan fingerprint density at radius 1 is 1.12 bits per heavy atom. The van der Waals surface area contributed by atoms with E-state index in [9.17, 15) is 4.79 Å². The number of urea groups is 1. The number of halogens is 1. The second kappa shape index (κ2) is 8.13. The molecule has 126 valence electrons. The Bertz CT molecular complexity index is 672. The summed E-state index contributed by atoms with van der Waals surface area (Å²) in [5.74, 6) is 0. The first kappa shape index (κ1) is 16.7. The number of carbonyl (C=O) groups excluding carboxylic acids is 1. The Hall–Kier alpha value is -2.11. The van der Waals surface area contributed by atoms with Crippen molar-refractivity contribution in [3.63, 3.8) is 0 Å².